The average molecular weight is 365 g/mol. The van der Waals surface area contributed by atoms with E-state index in [0.717, 1.165) is 12.8 Å². The third kappa shape index (κ3) is 5.24. The molecule has 1 saturated heterocycles. The van der Waals surface area contributed by atoms with E-state index in [0.29, 0.717) is 0 Å². The quantitative estimate of drug-likeness (QED) is 0.617. The predicted molar refractivity (Wildman–Crippen MR) is 106 cm³/mol. The molecule has 1 aliphatic heterocycles. The topological polar surface area (TPSA) is 53.5 Å². The third-order valence-electron chi connectivity index (χ3n) is 5.00. The van der Waals surface area contributed by atoms with Gasteiger partial charge >= 0.3 is 7.12 Å². The Morgan fingerprint density at radius 2 is 1.60 bits per heavy atom. The van der Waals surface area contributed by atoms with E-state index in [1.54, 1.807) is 0 Å². The molecule has 4 nitrogen and oxygen atoms in total. The molecule has 1 aromatic rings. The van der Waals surface area contributed by atoms with Crippen LogP contribution in [0, 0.1) is 0 Å². The Morgan fingerprint density at radius 3 is 2.08 bits per heavy atom. The summed E-state index contributed by atoms with van der Waals surface area (Å²) in [6, 6.07) is 10.3. The fourth-order valence-corrected chi connectivity index (χ4v) is 3.44. The zero-order valence-corrected chi connectivity index (χ0v) is 17.4. The van der Waals surface area contributed by atoms with Gasteiger partial charge in [0, 0.05) is 11.4 Å². The van der Waals surface area contributed by atoms with Crippen molar-refractivity contribution in [3.05, 3.63) is 35.9 Å². The Morgan fingerprint density at radius 1 is 1.08 bits per heavy atom. The van der Waals surface area contributed by atoms with Crippen molar-refractivity contribution in [3.8, 4) is 0 Å². The van der Waals surface area contributed by atoms with E-state index < -0.39 is 29.7 Å². The Bertz CT molecular complexity index is 544. The van der Waals surface area contributed by atoms with Gasteiger partial charge in [0.25, 0.3) is 0 Å². The van der Waals surface area contributed by atoms with Gasteiger partial charge in [0.15, 0.2) is 0 Å². The van der Waals surface area contributed by atoms with Gasteiger partial charge in [-0.25, -0.2) is 0 Å². The molecule has 1 aromatic carbocycles. The lowest BCUT2D eigenvalue weighted by molar-refractivity contribution is 0.00578. The zero-order chi connectivity index (χ0) is 18.9. The van der Waals surface area contributed by atoms with Crippen LogP contribution < -0.4 is 4.72 Å². The maximum atomic E-state index is 12.7. The van der Waals surface area contributed by atoms with Crippen LogP contribution >= 0.6 is 0 Å². The molecular weight excluding hydrogens is 333 g/mol. The van der Waals surface area contributed by atoms with Crippen molar-refractivity contribution >= 4 is 18.5 Å². The maximum absolute atomic E-state index is 12.7. The van der Waals surface area contributed by atoms with Crippen LogP contribution in [-0.4, -0.2) is 33.6 Å². The molecule has 0 aromatic heterocycles. The summed E-state index contributed by atoms with van der Waals surface area (Å²) in [6.45, 7) is 14.1. The van der Waals surface area contributed by atoms with Crippen molar-refractivity contribution < 1.29 is 13.9 Å². The number of benzene rings is 1. The zero-order valence-electron chi connectivity index (χ0n) is 16.6. The van der Waals surface area contributed by atoms with Crippen LogP contribution in [0.3, 0.4) is 0 Å². The number of nitrogens with one attached hydrogen (secondary N) is 1. The van der Waals surface area contributed by atoms with Gasteiger partial charge in [0.05, 0.1) is 17.1 Å². The van der Waals surface area contributed by atoms with E-state index in [1.807, 2.05) is 66.7 Å². The highest BCUT2D eigenvalue weighted by Crippen LogP contribution is 2.38. The molecule has 6 heteroatoms. The highest BCUT2D eigenvalue weighted by atomic mass is 32.2. The number of aryl methyl sites for hydroxylation is 1. The lowest BCUT2D eigenvalue weighted by Gasteiger charge is -2.32. The first-order chi connectivity index (χ1) is 11.4. The largest absolute Gasteiger partial charge is 0.598 e. The normalized spacial score (nSPS) is 22.0. The molecule has 0 spiro atoms. The summed E-state index contributed by atoms with van der Waals surface area (Å²) >= 11 is -1.18. The van der Waals surface area contributed by atoms with E-state index in [9.17, 15) is 4.55 Å². The van der Waals surface area contributed by atoms with Crippen LogP contribution in [0.2, 0.25) is 0 Å². The summed E-state index contributed by atoms with van der Waals surface area (Å²) in [4.78, 5) is 0. The number of hydrogen-bond acceptors (Lipinski definition) is 4. The minimum Gasteiger partial charge on any atom is -0.598 e. The summed E-state index contributed by atoms with van der Waals surface area (Å²) in [7, 11) is -0.417. The van der Waals surface area contributed by atoms with Crippen molar-refractivity contribution in [3.63, 3.8) is 0 Å². The van der Waals surface area contributed by atoms with Crippen LogP contribution in [0.1, 0.15) is 60.5 Å². The lowest BCUT2D eigenvalue weighted by atomic mass is 9.76. The molecule has 0 unspecified atom stereocenters. The lowest BCUT2D eigenvalue weighted by Crippen LogP contribution is -2.52. The van der Waals surface area contributed by atoms with Crippen LogP contribution in [0.5, 0.6) is 0 Å². The summed E-state index contributed by atoms with van der Waals surface area (Å²) in [6.07, 6.45) is 1.67. The summed E-state index contributed by atoms with van der Waals surface area (Å²) in [5.41, 5.74) is 0.466. The first-order valence-electron chi connectivity index (χ1n) is 9.00. The van der Waals surface area contributed by atoms with Crippen molar-refractivity contribution in [2.24, 2.45) is 0 Å². The predicted octanol–water partition coefficient (Wildman–Crippen LogP) is 3.67. The highest BCUT2D eigenvalue weighted by Gasteiger charge is 2.54. The SMILES string of the molecule is CC(C)(C)[S@@+]([O-])N[C@H](CCc1ccccc1)B1OC(C)(C)C(C)(C)O1. The fourth-order valence-electron chi connectivity index (χ4n) is 2.58. The monoisotopic (exact) mass is 365 g/mol. The third-order valence-corrected chi connectivity index (χ3v) is 6.63. The Kier molecular flexibility index (Phi) is 6.33. The smallest absolute Gasteiger partial charge is 0.480 e. The van der Waals surface area contributed by atoms with Gasteiger partial charge in [-0.1, -0.05) is 30.3 Å². The van der Waals surface area contributed by atoms with Gasteiger partial charge in [-0.3, -0.25) is 0 Å². The molecule has 25 heavy (non-hydrogen) atoms. The molecule has 0 saturated carbocycles. The standard InChI is InChI=1S/C19H32BNO3S/c1-17(2,3)25(22)21-16(14-13-15-11-9-8-10-12-15)20-23-18(4,5)19(6,7)24-20/h8-12,16,21H,13-14H2,1-7H3/t16-,25-/m1/s1. The van der Waals surface area contributed by atoms with Crippen LogP contribution in [0.4, 0.5) is 0 Å². The number of rotatable bonds is 6. The van der Waals surface area contributed by atoms with E-state index in [2.05, 4.69) is 16.9 Å². The Hall–Kier alpha value is -0.525. The van der Waals surface area contributed by atoms with Gasteiger partial charge < -0.3 is 13.9 Å². The van der Waals surface area contributed by atoms with Crippen LogP contribution in [-0.2, 0) is 27.1 Å². The molecule has 0 aliphatic carbocycles. The second-order valence-electron chi connectivity index (χ2n) is 8.75. The van der Waals surface area contributed by atoms with E-state index in [1.165, 1.54) is 5.56 Å². The van der Waals surface area contributed by atoms with E-state index >= 15 is 0 Å². The van der Waals surface area contributed by atoms with Crippen LogP contribution in [0.15, 0.2) is 30.3 Å². The summed E-state index contributed by atoms with van der Waals surface area (Å²) in [5, 5.41) is 0. The molecule has 0 bridgehead atoms. The van der Waals surface area contributed by atoms with Crippen LogP contribution in [0.25, 0.3) is 0 Å². The fraction of sp³-hybridized carbons (Fsp3) is 0.684. The van der Waals surface area contributed by atoms with Gasteiger partial charge in [0.1, 0.15) is 4.75 Å². The molecule has 1 fully saturated rings. The molecule has 2 rings (SSSR count). The Labute approximate surface area is 156 Å². The highest BCUT2D eigenvalue weighted by molar-refractivity contribution is 7.90. The summed E-state index contributed by atoms with van der Waals surface area (Å²) < 4.78 is 28.0. The van der Waals surface area contributed by atoms with Crippen molar-refractivity contribution in [1.29, 1.82) is 0 Å². The van der Waals surface area contributed by atoms with Gasteiger partial charge in [0.2, 0.25) is 0 Å². The molecule has 1 N–H and O–H groups in total. The second-order valence-corrected chi connectivity index (χ2v) is 10.8. The van der Waals surface area contributed by atoms with Crippen molar-refractivity contribution in [2.45, 2.75) is 83.2 Å². The molecule has 0 radical (unpaired) electrons. The van der Waals surface area contributed by atoms with Gasteiger partial charge in [-0.2, -0.15) is 0 Å². The molecule has 1 heterocycles. The molecule has 0 amide bonds. The minimum atomic E-state index is -1.18. The molecule has 140 valence electrons. The summed E-state index contributed by atoms with van der Waals surface area (Å²) in [5.74, 6) is -0.138. The Balaban J connectivity index is 2.12. The molecule has 1 aliphatic rings. The van der Waals surface area contributed by atoms with E-state index in [-0.39, 0.29) is 10.7 Å². The maximum Gasteiger partial charge on any atom is 0.480 e. The van der Waals surface area contributed by atoms with E-state index in [4.69, 9.17) is 9.31 Å². The van der Waals surface area contributed by atoms with Gasteiger partial charge in [-0.05, 0) is 66.9 Å². The van der Waals surface area contributed by atoms with Crippen molar-refractivity contribution in [1.82, 2.24) is 4.72 Å². The first kappa shape index (κ1) is 20.8. The number of hydrogen-bond donors (Lipinski definition) is 1. The molecule has 2 atom stereocenters. The second kappa shape index (κ2) is 7.61. The average Bonchev–Trinajstić information content (AvgIpc) is 2.71. The molecular formula is C19H32BNO3S. The van der Waals surface area contributed by atoms with Gasteiger partial charge in [-0.15, -0.1) is 4.72 Å². The first-order valence-corrected chi connectivity index (χ1v) is 10.1. The minimum absolute atomic E-state index is 0.138. The van der Waals surface area contributed by atoms with Crippen molar-refractivity contribution in [2.75, 3.05) is 0 Å².